The Kier molecular flexibility index (Phi) is 4.33. The Balaban J connectivity index is 1.93. The smallest absolute Gasteiger partial charge is 0.261 e. The van der Waals surface area contributed by atoms with E-state index >= 15 is 0 Å². The Morgan fingerprint density at radius 3 is 2.61 bits per heavy atom. The van der Waals surface area contributed by atoms with Gasteiger partial charge in [0, 0.05) is 23.3 Å². The molecule has 2 heterocycles. The third kappa shape index (κ3) is 3.21. The second-order valence-corrected chi connectivity index (χ2v) is 6.37. The predicted molar refractivity (Wildman–Crippen MR) is 96.0 cm³/mol. The monoisotopic (exact) mass is 386 g/mol. The maximum Gasteiger partial charge on any atom is 0.416 e. The van der Waals surface area contributed by atoms with Gasteiger partial charge in [0.25, 0.3) is 0 Å². The molecule has 0 aliphatic heterocycles. The molecular weight excluding hydrogens is 372 g/mol. The molecule has 0 saturated carbocycles. The van der Waals surface area contributed by atoms with Crippen LogP contribution in [-0.2, 0) is 12.7 Å². The SMILES string of the molecule is Cc1cccc2c(-c3cc(C(F)(F)F)ccc3F)nn(Cc3cnccn3)c12. The molecule has 0 unspecified atom stereocenters. The Bertz CT molecular complexity index is 1150. The minimum absolute atomic E-state index is 0.159. The molecule has 0 N–H and O–H groups in total. The van der Waals surface area contributed by atoms with Crippen LogP contribution >= 0.6 is 0 Å². The molecule has 0 amide bonds. The number of nitrogens with zero attached hydrogens (tertiary/aromatic N) is 4. The van der Waals surface area contributed by atoms with Crippen molar-refractivity contribution in [3.05, 3.63) is 77.6 Å². The van der Waals surface area contributed by atoms with Gasteiger partial charge in [0.1, 0.15) is 11.5 Å². The van der Waals surface area contributed by atoms with Crippen LogP contribution in [0.2, 0.25) is 0 Å². The van der Waals surface area contributed by atoms with E-state index in [4.69, 9.17) is 0 Å². The van der Waals surface area contributed by atoms with Gasteiger partial charge < -0.3 is 0 Å². The first-order chi connectivity index (χ1) is 13.3. The van der Waals surface area contributed by atoms with E-state index in [1.807, 2.05) is 13.0 Å². The van der Waals surface area contributed by atoms with Crippen molar-refractivity contribution in [2.45, 2.75) is 19.6 Å². The molecule has 0 aliphatic rings. The van der Waals surface area contributed by atoms with Crippen LogP contribution in [0.15, 0.2) is 55.0 Å². The first-order valence-electron chi connectivity index (χ1n) is 8.43. The standard InChI is InChI=1S/C20H14F4N4/c1-12-3-2-4-15-18(16-9-13(20(22,23)24)5-6-17(16)21)27-28(19(12)15)11-14-10-25-7-8-26-14/h2-10H,11H2,1H3. The molecule has 0 fully saturated rings. The van der Waals surface area contributed by atoms with Crippen molar-refractivity contribution < 1.29 is 17.6 Å². The summed E-state index contributed by atoms with van der Waals surface area (Å²) in [4.78, 5) is 8.22. The topological polar surface area (TPSA) is 43.6 Å². The molecule has 0 spiro atoms. The summed E-state index contributed by atoms with van der Waals surface area (Å²) in [7, 11) is 0. The van der Waals surface area contributed by atoms with Gasteiger partial charge >= 0.3 is 6.18 Å². The minimum Gasteiger partial charge on any atom is -0.261 e. The number of hydrogen-bond acceptors (Lipinski definition) is 3. The third-order valence-corrected chi connectivity index (χ3v) is 4.45. The fourth-order valence-electron chi connectivity index (χ4n) is 3.18. The van der Waals surface area contributed by atoms with Crippen molar-refractivity contribution in [3.8, 4) is 11.3 Å². The van der Waals surface area contributed by atoms with E-state index < -0.39 is 17.6 Å². The molecule has 0 saturated heterocycles. The molecule has 0 radical (unpaired) electrons. The number of aryl methyl sites for hydroxylation is 1. The van der Waals surface area contributed by atoms with Crippen LogP contribution in [0.5, 0.6) is 0 Å². The van der Waals surface area contributed by atoms with Crippen molar-refractivity contribution in [2.24, 2.45) is 0 Å². The molecule has 2 aromatic heterocycles. The van der Waals surface area contributed by atoms with Crippen LogP contribution in [0, 0.1) is 12.7 Å². The van der Waals surface area contributed by atoms with E-state index in [0.717, 1.165) is 23.8 Å². The highest BCUT2D eigenvalue weighted by Crippen LogP contribution is 2.36. The third-order valence-electron chi connectivity index (χ3n) is 4.45. The van der Waals surface area contributed by atoms with Crippen molar-refractivity contribution in [3.63, 3.8) is 0 Å². The van der Waals surface area contributed by atoms with Gasteiger partial charge in [-0.05, 0) is 30.7 Å². The number of aromatic nitrogens is 4. The average molecular weight is 386 g/mol. The Hall–Kier alpha value is -3.29. The van der Waals surface area contributed by atoms with Gasteiger partial charge in [-0.1, -0.05) is 18.2 Å². The number of hydrogen-bond donors (Lipinski definition) is 0. The first kappa shape index (κ1) is 18.1. The molecule has 0 atom stereocenters. The second-order valence-electron chi connectivity index (χ2n) is 6.37. The molecule has 142 valence electrons. The van der Waals surface area contributed by atoms with Crippen molar-refractivity contribution >= 4 is 10.9 Å². The summed E-state index contributed by atoms with van der Waals surface area (Å²) in [5.74, 6) is -0.763. The molecule has 4 nitrogen and oxygen atoms in total. The lowest BCUT2D eigenvalue weighted by molar-refractivity contribution is -0.137. The summed E-state index contributed by atoms with van der Waals surface area (Å²) in [5.41, 5.74) is 1.25. The van der Waals surface area contributed by atoms with E-state index in [2.05, 4.69) is 15.1 Å². The lowest BCUT2D eigenvalue weighted by atomic mass is 10.0. The van der Waals surface area contributed by atoms with Crippen molar-refractivity contribution in [2.75, 3.05) is 0 Å². The van der Waals surface area contributed by atoms with Crippen molar-refractivity contribution in [1.29, 1.82) is 0 Å². The van der Waals surface area contributed by atoms with E-state index in [0.29, 0.717) is 16.6 Å². The molecule has 4 aromatic rings. The molecule has 0 aliphatic carbocycles. The highest BCUT2D eigenvalue weighted by Gasteiger charge is 2.32. The van der Waals surface area contributed by atoms with E-state index in [-0.39, 0.29) is 17.8 Å². The van der Waals surface area contributed by atoms with Crippen molar-refractivity contribution in [1.82, 2.24) is 19.7 Å². The zero-order valence-electron chi connectivity index (χ0n) is 14.7. The molecular formula is C20H14F4N4. The van der Waals surface area contributed by atoms with Crippen LogP contribution in [0.1, 0.15) is 16.8 Å². The number of fused-ring (bicyclic) bond motifs is 1. The average Bonchev–Trinajstić information content (AvgIpc) is 3.01. The maximum atomic E-state index is 14.5. The van der Waals surface area contributed by atoms with Gasteiger partial charge in [-0.25, -0.2) is 4.39 Å². The number of rotatable bonds is 3. The van der Waals surface area contributed by atoms with Crippen LogP contribution < -0.4 is 0 Å². The summed E-state index contributed by atoms with van der Waals surface area (Å²) < 4.78 is 55.5. The zero-order chi connectivity index (χ0) is 19.9. The highest BCUT2D eigenvalue weighted by molar-refractivity contribution is 5.95. The maximum absolute atomic E-state index is 14.5. The fraction of sp³-hybridized carbons (Fsp3) is 0.150. The number of benzene rings is 2. The van der Waals surface area contributed by atoms with Gasteiger partial charge in [0.2, 0.25) is 0 Å². The normalized spacial score (nSPS) is 11.9. The quantitative estimate of drug-likeness (QED) is 0.465. The largest absolute Gasteiger partial charge is 0.416 e. The Labute approximate surface area is 157 Å². The lowest BCUT2D eigenvalue weighted by Gasteiger charge is -2.09. The van der Waals surface area contributed by atoms with Crippen LogP contribution in [0.4, 0.5) is 17.6 Å². The number of para-hydroxylation sites is 1. The second kappa shape index (κ2) is 6.70. The minimum atomic E-state index is -4.57. The van der Waals surface area contributed by atoms with E-state index in [1.54, 1.807) is 35.4 Å². The lowest BCUT2D eigenvalue weighted by Crippen LogP contribution is -2.06. The Morgan fingerprint density at radius 2 is 1.89 bits per heavy atom. The molecule has 0 bridgehead atoms. The molecule has 28 heavy (non-hydrogen) atoms. The Morgan fingerprint density at radius 1 is 1.07 bits per heavy atom. The van der Waals surface area contributed by atoms with Gasteiger partial charge in [0.15, 0.2) is 0 Å². The first-order valence-corrected chi connectivity index (χ1v) is 8.43. The van der Waals surface area contributed by atoms with E-state index in [1.165, 1.54) is 0 Å². The number of halogens is 4. The summed E-state index contributed by atoms with van der Waals surface area (Å²) in [6, 6.07) is 7.69. The summed E-state index contributed by atoms with van der Waals surface area (Å²) >= 11 is 0. The van der Waals surface area contributed by atoms with Crippen LogP contribution in [0.25, 0.3) is 22.2 Å². The zero-order valence-corrected chi connectivity index (χ0v) is 14.7. The predicted octanol–water partition coefficient (Wildman–Crippen LogP) is 5.01. The summed E-state index contributed by atoms with van der Waals surface area (Å²) in [6.07, 6.45) is 0.0906. The van der Waals surface area contributed by atoms with Gasteiger partial charge in [-0.15, -0.1) is 0 Å². The molecule has 2 aromatic carbocycles. The van der Waals surface area contributed by atoms with Crippen LogP contribution in [0.3, 0.4) is 0 Å². The molecule has 4 rings (SSSR count). The summed E-state index contributed by atoms with van der Waals surface area (Å²) in [6.45, 7) is 2.12. The van der Waals surface area contributed by atoms with Gasteiger partial charge in [-0.3, -0.25) is 14.6 Å². The van der Waals surface area contributed by atoms with Crippen LogP contribution in [-0.4, -0.2) is 19.7 Å². The van der Waals surface area contributed by atoms with Gasteiger partial charge in [-0.2, -0.15) is 18.3 Å². The fourth-order valence-corrected chi connectivity index (χ4v) is 3.18. The highest BCUT2D eigenvalue weighted by atomic mass is 19.4. The van der Waals surface area contributed by atoms with Gasteiger partial charge in [0.05, 0.1) is 29.5 Å². The summed E-state index contributed by atoms with van der Waals surface area (Å²) in [5, 5.41) is 5.01. The molecule has 8 heteroatoms. The number of alkyl halides is 3. The van der Waals surface area contributed by atoms with E-state index in [9.17, 15) is 17.6 Å².